The Morgan fingerprint density at radius 3 is 2.57 bits per heavy atom. The maximum Gasteiger partial charge on any atom is 0.386 e. The highest BCUT2D eigenvalue weighted by Crippen LogP contribution is 2.63. The number of halogens is 1. The normalized spacial score (nSPS) is 40.9. The lowest BCUT2D eigenvalue weighted by atomic mass is 10.0. The van der Waals surface area contributed by atoms with Gasteiger partial charge in [-0.3, -0.25) is 27.2 Å². The van der Waals surface area contributed by atoms with E-state index >= 15 is 4.39 Å². The highest BCUT2D eigenvalue weighted by atomic mass is 32.7. The summed E-state index contributed by atoms with van der Waals surface area (Å²) in [6.45, 7) is -9.65. The second kappa shape index (κ2) is 10.4. The molecule has 4 aliphatic heterocycles. The van der Waals surface area contributed by atoms with Crippen molar-refractivity contribution in [1.29, 1.82) is 0 Å². The molecule has 44 heavy (non-hydrogen) atoms. The van der Waals surface area contributed by atoms with Crippen LogP contribution in [0.1, 0.15) is 12.5 Å². The van der Waals surface area contributed by atoms with Gasteiger partial charge in [0.1, 0.15) is 53.7 Å². The predicted molar refractivity (Wildman–Crippen MR) is 151 cm³/mol. The maximum absolute atomic E-state index is 16.0. The number of fused-ring (bicyclic) bond motifs is 3. The zero-order chi connectivity index (χ0) is 30.4. The van der Waals surface area contributed by atoms with E-state index in [4.69, 9.17) is 38.0 Å². The van der Waals surface area contributed by atoms with E-state index in [0.717, 1.165) is 0 Å². The van der Waals surface area contributed by atoms with E-state index in [1.54, 1.807) is 4.57 Å². The fourth-order valence-corrected chi connectivity index (χ4v) is 8.80. The first-order chi connectivity index (χ1) is 21.0. The molecule has 0 spiro atoms. The Morgan fingerprint density at radius 2 is 1.70 bits per heavy atom. The van der Waals surface area contributed by atoms with Crippen LogP contribution in [0.15, 0.2) is 31.5 Å². The molecule has 2 N–H and O–H groups in total. The van der Waals surface area contributed by atoms with Crippen molar-refractivity contribution < 1.29 is 45.8 Å². The van der Waals surface area contributed by atoms with Crippen LogP contribution in [-0.4, -0.2) is 95.0 Å². The molecule has 23 heteroatoms. The number of thiol groups is 2. The minimum absolute atomic E-state index is 0.122. The zero-order valence-corrected chi connectivity index (χ0v) is 25.6. The monoisotopic (exact) mass is 689 g/mol. The van der Waals surface area contributed by atoms with Gasteiger partial charge in [-0.2, -0.15) is 0 Å². The summed E-state index contributed by atoms with van der Waals surface area (Å²) in [4.78, 5) is 24.6. The van der Waals surface area contributed by atoms with E-state index in [1.165, 1.54) is 36.1 Å². The molecule has 234 valence electrons. The summed E-state index contributed by atoms with van der Waals surface area (Å²) in [5, 5.41) is 0. The van der Waals surface area contributed by atoms with E-state index < -0.39 is 75.5 Å². The fourth-order valence-electron chi connectivity index (χ4n) is 5.80. The molecule has 4 aliphatic rings. The number of ether oxygens (including phenoxy) is 3. The lowest BCUT2D eigenvalue weighted by molar-refractivity contribution is -0.183. The number of nitrogens with two attached hydrogens (primary N) is 1. The van der Waals surface area contributed by atoms with Crippen LogP contribution in [0.4, 0.5) is 10.2 Å². The molecule has 8 rings (SSSR count). The number of anilines is 1. The van der Waals surface area contributed by atoms with Gasteiger partial charge in [0, 0.05) is 0 Å². The number of alkyl halides is 1. The van der Waals surface area contributed by atoms with Gasteiger partial charge in [-0.05, 0) is 0 Å². The number of hydrogen-bond acceptors (Lipinski definition) is 16. The molecule has 2 bridgehead atoms. The molecule has 0 saturated carbocycles. The van der Waals surface area contributed by atoms with E-state index in [1.807, 2.05) is 0 Å². The molecule has 4 fully saturated rings. The minimum atomic E-state index is -4.31. The average molecular weight is 690 g/mol. The lowest BCUT2D eigenvalue weighted by Gasteiger charge is -2.33. The molecular formula is C21H22FN9O9P2S2. The Kier molecular flexibility index (Phi) is 6.86. The Morgan fingerprint density at radius 1 is 0.932 bits per heavy atom. The topological polar surface area (TPSA) is 212 Å². The van der Waals surface area contributed by atoms with Gasteiger partial charge in [0.25, 0.3) is 0 Å². The first kappa shape index (κ1) is 29.1. The van der Waals surface area contributed by atoms with Crippen molar-refractivity contribution in [2.24, 2.45) is 0 Å². The molecule has 8 heterocycles. The van der Waals surface area contributed by atoms with Crippen LogP contribution in [0.2, 0.25) is 0 Å². The number of nitrogen functional groups attached to an aromatic ring is 1. The standard InChI is InChI=1S/C21H22FN9O9P2S2/c22-11-13-10(37-19(11)30-7-28-9-1-24-5-26-17(9)30)2-35-41(32,43)40-15-14-20(31-8-29-12-16(23)25-6-27-18(12)31)38-21(15,3-34-14)4-36-42(33,44)39-13/h1,5-8,10-11,13-15,19-20H,2-4H2,(H,32,43)(H,33,44)(H2,23,25,27)/t10-,11-,13-,14-,15+,19-,20-,21-,41?,42?/m1/s1. The Hall–Kier alpha value is -2.29. The fraction of sp³-hybridized carbons (Fsp3) is 0.524. The van der Waals surface area contributed by atoms with Crippen molar-refractivity contribution in [2.45, 2.75) is 48.6 Å². The lowest BCUT2D eigenvalue weighted by Crippen LogP contribution is -2.46. The van der Waals surface area contributed by atoms with E-state index in [0.29, 0.717) is 16.7 Å². The number of imidazole rings is 2. The highest BCUT2D eigenvalue weighted by molar-refractivity contribution is 8.44. The summed E-state index contributed by atoms with van der Waals surface area (Å²) in [5.41, 5.74) is 5.78. The molecule has 0 aliphatic carbocycles. The van der Waals surface area contributed by atoms with Gasteiger partial charge >= 0.3 is 13.6 Å². The van der Waals surface area contributed by atoms with Crippen LogP contribution >= 0.6 is 38.1 Å². The second-order valence-electron chi connectivity index (χ2n) is 10.4. The molecule has 0 radical (unpaired) electrons. The smallest absolute Gasteiger partial charge is 0.382 e. The van der Waals surface area contributed by atoms with Crippen LogP contribution in [0.5, 0.6) is 0 Å². The van der Waals surface area contributed by atoms with E-state index in [-0.39, 0.29) is 18.1 Å². The van der Waals surface area contributed by atoms with Gasteiger partial charge in [0.2, 0.25) is 0 Å². The van der Waals surface area contributed by atoms with E-state index in [2.05, 4.69) is 54.4 Å². The largest absolute Gasteiger partial charge is 0.386 e. The van der Waals surface area contributed by atoms with Gasteiger partial charge in [-0.25, -0.2) is 43.4 Å². The maximum atomic E-state index is 16.0. The number of rotatable bonds is 2. The first-order valence-corrected chi connectivity index (χ1v) is 18.4. The molecule has 4 aromatic heterocycles. The molecule has 10 atom stereocenters. The van der Waals surface area contributed by atoms with Crippen molar-refractivity contribution >= 4 is 66.2 Å². The predicted octanol–water partition coefficient (Wildman–Crippen LogP) is 2.04. The van der Waals surface area contributed by atoms with Crippen LogP contribution < -0.4 is 5.73 Å². The Balaban J connectivity index is 1.10. The summed E-state index contributed by atoms with van der Waals surface area (Å²) >= 11 is 8.29. The number of aromatic nitrogens is 8. The van der Waals surface area contributed by atoms with Crippen molar-refractivity contribution in [1.82, 2.24) is 39.0 Å². The number of nitrogens with zero attached hydrogens (tertiary/aromatic N) is 8. The SMILES string of the molecule is Nc1ncnc2c1ncn2[C@@H]1O[C@@]23CO[C@@H]1[C@@H]2OP(=O)(S)OC[C@H]1O[C@@H](n2cnc4cncnc42)[C@H](F)[C@@H]1OP(=O)(S)OC3. The van der Waals surface area contributed by atoms with Gasteiger partial charge in [0.05, 0.1) is 38.7 Å². The second-order valence-corrected chi connectivity index (χ2v) is 16.2. The van der Waals surface area contributed by atoms with Gasteiger partial charge in [-0.1, -0.05) is 24.5 Å². The minimum Gasteiger partial charge on any atom is -0.382 e. The van der Waals surface area contributed by atoms with Gasteiger partial charge in [0.15, 0.2) is 35.7 Å². The summed E-state index contributed by atoms with van der Waals surface area (Å²) in [6.07, 6.45) is -2.26. The molecule has 0 amide bonds. The van der Waals surface area contributed by atoms with E-state index in [9.17, 15) is 9.13 Å². The van der Waals surface area contributed by atoms with Gasteiger partial charge in [-0.15, -0.1) is 0 Å². The Bertz CT molecular complexity index is 1870. The molecule has 0 aromatic carbocycles. The molecule has 2 unspecified atom stereocenters. The Labute approximate surface area is 256 Å². The van der Waals surface area contributed by atoms with Crippen molar-refractivity contribution in [3.8, 4) is 0 Å². The third-order valence-electron chi connectivity index (χ3n) is 7.79. The quantitative estimate of drug-likeness (QED) is 0.203. The summed E-state index contributed by atoms with van der Waals surface area (Å²) in [5.74, 6) is 0.152. The molecule has 4 saturated heterocycles. The van der Waals surface area contributed by atoms with Crippen LogP contribution in [0.25, 0.3) is 22.3 Å². The summed E-state index contributed by atoms with van der Waals surface area (Å²) in [6, 6.07) is 0. The summed E-state index contributed by atoms with van der Waals surface area (Å²) in [7, 11) is 0. The van der Waals surface area contributed by atoms with Crippen molar-refractivity contribution in [2.75, 3.05) is 25.6 Å². The summed E-state index contributed by atoms with van der Waals surface area (Å²) < 4.78 is 87.0. The highest BCUT2D eigenvalue weighted by Gasteiger charge is 2.66. The van der Waals surface area contributed by atoms with Crippen LogP contribution in [0.3, 0.4) is 0 Å². The number of hydrogen-bond donors (Lipinski definition) is 3. The van der Waals surface area contributed by atoms with Crippen molar-refractivity contribution in [3.63, 3.8) is 0 Å². The average Bonchev–Trinajstić information content (AvgIpc) is 3.80. The zero-order valence-electron chi connectivity index (χ0n) is 22.0. The molecular weight excluding hydrogens is 667 g/mol. The van der Waals surface area contributed by atoms with Crippen LogP contribution in [0, 0.1) is 0 Å². The third kappa shape index (κ3) is 4.68. The first-order valence-electron chi connectivity index (χ1n) is 13.0. The van der Waals surface area contributed by atoms with Crippen LogP contribution in [-0.2, 0) is 41.4 Å². The van der Waals surface area contributed by atoms with Gasteiger partial charge < -0.3 is 19.9 Å². The molecule has 18 nitrogen and oxygen atoms in total. The molecule has 4 aromatic rings. The van der Waals surface area contributed by atoms with Crippen molar-refractivity contribution in [3.05, 3.63) is 31.5 Å². The third-order valence-corrected chi connectivity index (χ3v) is 11.0.